The van der Waals surface area contributed by atoms with Gasteiger partial charge in [0, 0.05) is 0 Å². The van der Waals surface area contributed by atoms with E-state index in [4.69, 9.17) is 31.9 Å². The largest absolute Gasteiger partial charge is 0.465 e. The van der Waals surface area contributed by atoms with Gasteiger partial charge in [-0.2, -0.15) is 0 Å². The van der Waals surface area contributed by atoms with Crippen molar-refractivity contribution in [3.63, 3.8) is 0 Å². The van der Waals surface area contributed by atoms with E-state index in [2.05, 4.69) is 0 Å². The number of hydrogen-bond acceptors (Lipinski definition) is 11. The summed E-state index contributed by atoms with van der Waals surface area (Å²) in [5.41, 5.74) is 0. The van der Waals surface area contributed by atoms with Crippen LogP contribution < -0.4 is 0 Å². The van der Waals surface area contributed by atoms with Gasteiger partial charge in [0.1, 0.15) is 0 Å². The van der Waals surface area contributed by atoms with Gasteiger partial charge in [-0.05, 0) is 61.3 Å². The molecular formula is C20H43O11P3. The molecule has 0 heterocycles. The Labute approximate surface area is 204 Å². The second kappa shape index (κ2) is 16.6. The van der Waals surface area contributed by atoms with Gasteiger partial charge in [0.2, 0.25) is 0 Å². The van der Waals surface area contributed by atoms with Crippen molar-refractivity contribution < 1.29 is 50.4 Å². The van der Waals surface area contributed by atoms with Crippen LogP contribution >= 0.6 is 22.8 Å². The molecule has 0 saturated heterocycles. The molecule has 0 amide bonds. The zero-order valence-corrected chi connectivity index (χ0v) is 24.3. The van der Waals surface area contributed by atoms with Gasteiger partial charge < -0.3 is 31.9 Å². The summed E-state index contributed by atoms with van der Waals surface area (Å²) in [6.07, 6.45) is -1.08. The summed E-state index contributed by atoms with van der Waals surface area (Å²) in [4.78, 5) is 13.4. The summed E-state index contributed by atoms with van der Waals surface area (Å²) in [5.74, 6) is -0.876. The van der Waals surface area contributed by atoms with Crippen LogP contribution in [-0.2, 0) is 50.4 Å². The Morgan fingerprint density at radius 1 is 0.559 bits per heavy atom. The number of esters is 1. The fraction of sp³-hybridized carbons (Fsp3) is 0.950. The molecule has 0 spiro atoms. The van der Waals surface area contributed by atoms with Gasteiger partial charge in [-0.3, -0.25) is 18.5 Å². The second-order valence-corrected chi connectivity index (χ2v) is 13.7. The molecule has 0 aromatic heterocycles. The van der Waals surface area contributed by atoms with E-state index < -0.39 is 33.9 Å². The molecule has 34 heavy (non-hydrogen) atoms. The fourth-order valence-corrected chi connectivity index (χ4v) is 9.58. The SMILES string of the molecule is CCOC(=O)C(CCP(=O)(OCC)OCC)(CCP(=O)(OCC)OCC)P(=O)(OCC)OCC. The minimum absolute atomic E-state index is 0.0119. The molecule has 14 heteroatoms. The summed E-state index contributed by atoms with van der Waals surface area (Å²) in [6, 6.07) is 0. The Kier molecular flexibility index (Phi) is 16.6. The third kappa shape index (κ3) is 9.76. The van der Waals surface area contributed by atoms with Crippen molar-refractivity contribution in [2.24, 2.45) is 0 Å². The lowest BCUT2D eigenvalue weighted by Gasteiger charge is -2.37. The third-order valence-corrected chi connectivity index (χ3v) is 11.7. The van der Waals surface area contributed by atoms with Crippen molar-refractivity contribution >= 4 is 28.8 Å². The Balaban J connectivity index is 6.64. The zero-order chi connectivity index (χ0) is 26.3. The van der Waals surface area contributed by atoms with E-state index in [1.54, 1.807) is 48.5 Å². The van der Waals surface area contributed by atoms with E-state index in [1.807, 2.05) is 0 Å². The number of carbonyl (C=O) groups is 1. The minimum atomic E-state index is -4.23. The lowest BCUT2D eigenvalue weighted by atomic mass is 10.0. The molecule has 0 aliphatic rings. The number of rotatable bonds is 21. The highest BCUT2D eigenvalue weighted by Crippen LogP contribution is 2.67. The Hall–Kier alpha value is -0.0800. The summed E-state index contributed by atoms with van der Waals surface area (Å²) < 4.78 is 78.5. The first kappa shape index (κ1) is 33.9. The quantitative estimate of drug-likeness (QED) is 0.125. The highest BCUT2D eigenvalue weighted by Gasteiger charge is 2.59. The van der Waals surface area contributed by atoms with Gasteiger partial charge in [-0.1, -0.05) is 0 Å². The Bertz CT molecular complexity index is 665. The van der Waals surface area contributed by atoms with Crippen LogP contribution in [0, 0.1) is 0 Å². The topological polar surface area (TPSA) is 133 Å². The summed E-state index contributed by atoms with van der Waals surface area (Å²) >= 11 is 0. The van der Waals surface area contributed by atoms with Gasteiger partial charge in [0.15, 0.2) is 5.16 Å². The monoisotopic (exact) mass is 552 g/mol. The maximum absolute atomic E-state index is 14.1. The number of ether oxygens (including phenoxy) is 1. The first-order valence-corrected chi connectivity index (χ1v) is 16.8. The molecule has 0 bridgehead atoms. The smallest absolute Gasteiger partial charge is 0.347 e. The Morgan fingerprint density at radius 3 is 1.15 bits per heavy atom. The molecule has 0 atom stereocenters. The van der Waals surface area contributed by atoms with E-state index in [0.29, 0.717) is 0 Å². The molecule has 0 aromatic rings. The van der Waals surface area contributed by atoms with E-state index in [9.17, 15) is 18.5 Å². The van der Waals surface area contributed by atoms with E-state index in [0.717, 1.165) is 0 Å². The highest BCUT2D eigenvalue weighted by atomic mass is 31.2. The van der Waals surface area contributed by atoms with Crippen LogP contribution in [0.4, 0.5) is 0 Å². The molecule has 0 unspecified atom stereocenters. The van der Waals surface area contributed by atoms with Crippen molar-refractivity contribution in [3.8, 4) is 0 Å². The van der Waals surface area contributed by atoms with Gasteiger partial charge in [0.25, 0.3) is 0 Å². The molecule has 0 saturated carbocycles. The van der Waals surface area contributed by atoms with Crippen LogP contribution in [-0.4, -0.2) is 69.7 Å². The first-order valence-electron chi connectivity index (χ1n) is 11.8. The second-order valence-electron chi connectivity index (χ2n) is 6.93. The highest BCUT2D eigenvalue weighted by molar-refractivity contribution is 7.57. The van der Waals surface area contributed by atoms with E-state index in [-0.39, 0.29) is 71.4 Å². The predicted octanol–water partition coefficient (Wildman–Crippen LogP) is 5.87. The molecule has 0 aliphatic carbocycles. The van der Waals surface area contributed by atoms with Crippen molar-refractivity contribution in [1.82, 2.24) is 0 Å². The van der Waals surface area contributed by atoms with Crippen molar-refractivity contribution in [2.45, 2.75) is 66.5 Å². The zero-order valence-electron chi connectivity index (χ0n) is 21.6. The van der Waals surface area contributed by atoms with Crippen LogP contribution in [0.2, 0.25) is 0 Å². The van der Waals surface area contributed by atoms with Crippen LogP contribution in [0.5, 0.6) is 0 Å². The lowest BCUT2D eigenvalue weighted by Crippen LogP contribution is -2.43. The minimum Gasteiger partial charge on any atom is -0.465 e. The fourth-order valence-electron chi connectivity index (χ4n) is 3.37. The van der Waals surface area contributed by atoms with Crippen LogP contribution in [0.3, 0.4) is 0 Å². The normalized spacial score (nSPS) is 13.3. The van der Waals surface area contributed by atoms with E-state index >= 15 is 0 Å². The first-order chi connectivity index (χ1) is 16.0. The molecule has 0 aromatic carbocycles. The van der Waals surface area contributed by atoms with Crippen molar-refractivity contribution in [3.05, 3.63) is 0 Å². The molecule has 204 valence electrons. The molecule has 0 radical (unpaired) electrons. The standard InChI is InChI=1S/C20H43O11P3/c1-8-25-19(21)20(34(24,30-13-6)31-14-7,15-17-32(22,26-9-2)27-10-3)16-18-33(23,28-11-4)29-12-5/h8-18H2,1-7H3. The summed E-state index contributed by atoms with van der Waals surface area (Å²) in [7, 11) is -11.5. The molecular weight excluding hydrogens is 509 g/mol. The molecule has 0 fully saturated rings. The Morgan fingerprint density at radius 2 is 0.882 bits per heavy atom. The maximum atomic E-state index is 14.1. The van der Waals surface area contributed by atoms with Crippen LogP contribution in [0.1, 0.15) is 61.3 Å². The summed E-state index contributed by atoms with van der Waals surface area (Å²) in [6.45, 7) is 11.9. The third-order valence-electron chi connectivity index (χ3n) is 4.68. The van der Waals surface area contributed by atoms with Gasteiger partial charge in [0.05, 0.1) is 58.6 Å². The predicted molar refractivity (Wildman–Crippen MR) is 131 cm³/mol. The van der Waals surface area contributed by atoms with Crippen molar-refractivity contribution in [1.29, 1.82) is 0 Å². The van der Waals surface area contributed by atoms with Crippen LogP contribution in [0.15, 0.2) is 0 Å². The molecule has 0 aliphatic heterocycles. The average Bonchev–Trinajstić information content (AvgIpc) is 2.75. The number of carbonyl (C=O) groups excluding carboxylic acids is 1. The maximum Gasteiger partial charge on any atom is 0.347 e. The number of hydrogen-bond donors (Lipinski definition) is 0. The van der Waals surface area contributed by atoms with Gasteiger partial charge >= 0.3 is 28.8 Å². The van der Waals surface area contributed by atoms with Crippen molar-refractivity contribution in [2.75, 3.05) is 58.6 Å². The average molecular weight is 552 g/mol. The van der Waals surface area contributed by atoms with Gasteiger partial charge in [-0.15, -0.1) is 0 Å². The molecule has 11 nitrogen and oxygen atoms in total. The lowest BCUT2D eigenvalue weighted by molar-refractivity contribution is -0.147. The molecule has 0 rings (SSSR count). The summed E-state index contributed by atoms with van der Waals surface area (Å²) in [5, 5.41) is -1.94. The molecule has 0 N–H and O–H groups in total. The van der Waals surface area contributed by atoms with Crippen LogP contribution in [0.25, 0.3) is 0 Å². The van der Waals surface area contributed by atoms with E-state index in [1.165, 1.54) is 0 Å². The van der Waals surface area contributed by atoms with Gasteiger partial charge in [-0.25, -0.2) is 0 Å².